The van der Waals surface area contributed by atoms with Crippen LogP contribution < -0.4 is 30.4 Å². The third kappa shape index (κ3) is 7.38. The van der Waals surface area contributed by atoms with Crippen LogP contribution in [0.15, 0.2) is 48.6 Å². The summed E-state index contributed by atoms with van der Waals surface area (Å²) < 4.78 is 21.8. The molecule has 0 amide bonds. The lowest BCUT2D eigenvalue weighted by molar-refractivity contribution is 0.318. The van der Waals surface area contributed by atoms with Crippen molar-refractivity contribution in [1.29, 1.82) is 10.8 Å². The van der Waals surface area contributed by atoms with Gasteiger partial charge in [0.25, 0.3) is 0 Å². The summed E-state index contributed by atoms with van der Waals surface area (Å²) in [6.07, 6.45) is 3.63. The summed E-state index contributed by atoms with van der Waals surface area (Å²) in [6, 6.07) is 10.1. The van der Waals surface area contributed by atoms with Crippen LogP contribution in [-0.2, 0) is 0 Å². The van der Waals surface area contributed by atoms with Gasteiger partial charge in [-0.05, 0) is 48.6 Å². The molecular formula is C20H26Cl2N4O4. The Labute approximate surface area is 188 Å². The molecule has 0 radical (unpaired) electrons. The fraction of sp³-hybridized carbons (Fsp3) is 0.200. The number of ether oxygens (including phenoxy) is 4. The number of hydrogen-bond acceptors (Lipinski definition) is 6. The highest BCUT2D eigenvalue weighted by Crippen LogP contribution is 2.29. The molecule has 30 heavy (non-hydrogen) atoms. The Bertz CT molecular complexity index is 820. The zero-order valence-electron chi connectivity index (χ0n) is 16.6. The minimum Gasteiger partial charge on any atom is -0.493 e. The molecule has 0 aliphatic carbocycles. The zero-order chi connectivity index (χ0) is 20.5. The molecule has 6 N–H and O–H groups in total. The van der Waals surface area contributed by atoms with E-state index in [1.54, 1.807) is 36.4 Å². The summed E-state index contributed by atoms with van der Waals surface area (Å²) >= 11 is 0. The van der Waals surface area contributed by atoms with Crippen molar-refractivity contribution in [3.63, 3.8) is 0 Å². The maximum absolute atomic E-state index is 7.46. The van der Waals surface area contributed by atoms with Gasteiger partial charge in [-0.15, -0.1) is 24.8 Å². The van der Waals surface area contributed by atoms with Crippen molar-refractivity contribution in [3.05, 3.63) is 59.7 Å². The number of benzene rings is 2. The SMILES string of the molecule is COc1cc(C(=N)N)ccc1OC/C=C\COc1ccc(C(=N)N)cc1OC.Cl.Cl. The van der Waals surface area contributed by atoms with Gasteiger partial charge in [-0.25, -0.2) is 0 Å². The van der Waals surface area contributed by atoms with Crippen molar-refractivity contribution in [2.24, 2.45) is 11.5 Å². The van der Waals surface area contributed by atoms with Gasteiger partial charge in [-0.1, -0.05) is 0 Å². The second-order valence-electron chi connectivity index (χ2n) is 5.65. The predicted octanol–water partition coefficient (Wildman–Crippen LogP) is 3.13. The van der Waals surface area contributed by atoms with Crippen molar-refractivity contribution in [2.45, 2.75) is 0 Å². The summed E-state index contributed by atoms with van der Waals surface area (Å²) in [5.74, 6) is 2.06. The van der Waals surface area contributed by atoms with Crippen LogP contribution in [0.2, 0.25) is 0 Å². The fourth-order valence-corrected chi connectivity index (χ4v) is 2.32. The van der Waals surface area contributed by atoms with E-state index in [1.807, 2.05) is 12.2 Å². The number of rotatable bonds is 10. The molecule has 0 aromatic heterocycles. The molecule has 0 unspecified atom stereocenters. The van der Waals surface area contributed by atoms with Gasteiger partial charge in [0.1, 0.15) is 24.9 Å². The smallest absolute Gasteiger partial charge is 0.161 e. The topological polar surface area (TPSA) is 137 Å². The number of nitrogens with one attached hydrogen (secondary N) is 2. The van der Waals surface area contributed by atoms with Crippen LogP contribution in [-0.4, -0.2) is 39.1 Å². The first-order chi connectivity index (χ1) is 13.5. The fourth-order valence-electron chi connectivity index (χ4n) is 2.32. The third-order valence-electron chi connectivity index (χ3n) is 3.79. The highest BCUT2D eigenvalue weighted by molar-refractivity contribution is 5.96. The van der Waals surface area contributed by atoms with Gasteiger partial charge < -0.3 is 30.4 Å². The van der Waals surface area contributed by atoms with Gasteiger partial charge in [-0.2, -0.15) is 0 Å². The van der Waals surface area contributed by atoms with E-state index in [1.165, 1.54) is 14.2 Å². The average molecular weight is 457 g/mol. The van der Waals surface area contributed by atoms with E-state index in [0.29, 0.717) is 47.3 Å². The third-order valence-corrected chi connectivity index (χ3v) is 3.79. The molecule has 164 valence electrons. The van der Waals surface area contributed by atoms with E-state index in [9.17, 15) is 0 Å². The Morgan fingerprint density at radius 2 is 1.10 bits per heavy atom. The van der Waals surface area contributed by atoms with Crippen molar-refractivity contribution in [3.8, 4) is 23.0 Å². The maximum Gasteiger partial charge on any atom is 0.161 e. The van der Waals surface area contributed by atoms with Crippen LogP contribution in [0, 0.1) is 10.8 Å². The molecule has 0 bridgehead atoms. The summed E-state index contributed by atoms with van der Waals surface area (Å²) in [4.78, 5) is 0. The van der Waals surface area contributed by atoms with Crippen molar-refractivity contribution in [1.82, 2.24) is 0 Å². The molecule has 8 nitrogen and oxygen atoms in total. The molecule has 2 aromatic rings. The molecular weight excluding hydrogens is 431 g/mol. The minimum atomic E-state index is -0.0336. The largest absolute Gasteiger partial charge is 0.493 e. The molecule has 0 saturated heterocycles. The quantitative estimate of drug-likeness (QED) is 0.246. The number of amidine groups is 2. The average Bonchev–Trinajstić information content (AvgIpc) is 2.70. The van der Waals surface area contributed by atoms with Gasteiger partial charge in [0, 0.05) is 11.1 Å². The van der Waals surface area contributed by atoms with E-state index in [2.05, 4.69) is 0 Å². The zero-order valence-corrected chi connectivity index (χ0v) is 18.3. The number of nitrogens with two attached hydrogens (primary N) is 2. The lowest BCUT2D eigenvalue weighted by Crippen LogP contribution is -2.11. The molecule has 0 heterocycles. The lowest BCUT2D eigenvalue weighted by atomic mass is 10.2. The minimum absolute atomic E-state index is 0. The Morgan fingerprint density at radius 3 is 1.40 bits per heavy atom. The van der Waals surface area contributed by atoms with Crippen LogP contribution in [0.25, 0.3) is 0 Å². The molecule has 0 aliphatic heterocycles. The molecule has 10 heteroatoms. The van der Waals surface area contributed by atoms with Gasteiger partial charge >= 0.3 is 0 Å². The van der Waals surface area contributed by atoms with Crippen molar-refractivity contribution >= 4 is 36.5 Å². The van der Waals surface area contributed by atoms with Gasteiger partial charge in [-0.3, -0.25) is 10.8 Å². The first kappa shape index (κ1) is 26.9. The monoisotopic (exact) mass is 456 g/mol. The summed E-state index contributed by atoms with van der Waals surface area (Å²) in [6.45, 7) is 0.638. The van der Waals surface area contributed by atoms with E-state index in [4.69, 9.17) is 41.2 Å². The van der Waals surface area contributed by atoms with Crippen LogP contribution in [0.3, 0.4) is 0 Å². The predicted molar refractivity (Wildman–Crippen MR) is 123 cm³/mol. The van der Waals surface area contributed by atoms with E-state index in [0.717, 1.165) is 0 Å². The van der Waals surface area contributed by atoms with Gasteiger partial charge in [0.2, 0.25) is 0 Å². The molecule has 0 spiro atoms. The second-order valence-corrected chi connectivity index (χ2v) is 5.65. The number of halogens is 2. The highest BCUT2D eigenvalue weighted by atomic mass is 35.5. The second kappa shape index (κ2) is 13.2. The van der Waals surface area contributed by atoms with Crippen LogP contribution in [0.4, 0.5) is 0 Å². The number of nitrogen functional groups attached to an aromatic ring is 2. The normalized spacial score (nSPS) is 9.80. The summed E-state index contributed by atoms with van der Waals surface area (Å²) in [7, 11) is 3.06. The highest BCUT2D eigenvalue weighted by Gasteiger charge is 2.08. The molecule has 0 fully saturated rings. The van der Waals surface area contributed by atoms with Crippen LogP contribution in [0.5, 0.6) is 23.0 Å². The van der Waals surface area contributed by atoms with Gasteiger partial charge in [0.05, 0.1) is 14.2 Å². The van der Waals surface area contributed by atoms with E-state index >= 15 is 0 Å². The van der Waals surface area contributed by atoms with Crippen LogP contribution in [0.1, 0.15) is 11.1 Å². The molecule has 0 aliphatic rings. The van der Waals surface area contributed by atoms with Crippen molar-refractivity contribution in [2.75, 3.05) is 27.4 Å². The molecule has 2 aromatic carbocycles. The Kier molecular flexibility index (Phi) is 11.8. The summed E-state index contributed by atoms with van der Waals surface area (Å²) in [5, 5.41) is 14.9. The van der Waals surface area contributed by atoms with Crippen LogP contribution >= 0.6 is 24.8 Å². The Hall–Kier alpha value is -3.10. The Morgan fingerprint density at radius 1 is 0.733 bits per heavy atom. The van der Waals surface area contributed by atoms with E-state index in [-0.39, 0.29) is 36.5 Å². The maximum atomic E-state index is 7.46. The first-order valence-corrected chi connectivity index (χ1v) is 8.41. The first-order valence-electron chi connectivity index (χ1n) is 8.41. The van der Waals surface area contributed by atoms with Gasteiger partial charge in [0.15, 0.2) is 23.0 Å². The number of hydrogen-bond donors (Lipinski definition) is 4. The van der Waals surface area contributed by atoms with Crippen molar-refractivity contribution < 1.29 is 18.9 Å². The molecule has 0 saturated carbocycles. The lowest BCUT2D eigenvalue weighted by Gasteiger charge is -2.11. The molecule has 2 rings (SSSR count). The summed E-state index contributed by atoms with van der Waals surface area (Å²) in [5.41, 5.74) is 12.1. The standard InChI is InChI=1S/C20H24N4O4.2ClH/c1-25-17-11-13(19(21)22)5-7-15(17)27-9-3-4-10-28-16-8-6-14(20(23)24)12-18(16)26-2;;/h3-8,11-12H,9-10H2,1-2H3,(H3,21,22)(H3,23,24);2*1H/b4-3-;;. The molecule has 0 atom stereocenters. The number of methoxy groups -OCH3 is 2. The van der Waals surface area contributed by atoms with E-state index < -0.39 is 0 Å². The Balaban J connectivity index is 0.00000420.